The van der Waals surface area contributed by atoms with E-state index in [-0.39, 0.29) is 35.4 Å². The number of amides is 2. The Morgan fingerprint density at radius 3 is 2.67 bits per heavy atom. The van der Waals surface area contributed by atoms with Gasteiger partial charge in [0, 0.05) is 27.1 Å². The van der Waals surface area contributed by atoms with E-state index in [0.717, 1.165) is 4.31 Å². The normalized spacial score (nSPS) is 17.5. The number of rotatable bonds is 6. The first-order chi connectivity index (χ1) is 12.8. The third-order valence-corrected chi connectivity index (χ3v) is 6.29. The second kappa shape index (κ2) is 7.53. The van der Waals surface area contributed by atoms with Crippen LogP contribution in [-0.2, 0) is 26.2 Å². The molecule has 1 fully saturated rings. The van der Waals surface area contributed by atoms with E-state index >= 15 is 0 Å². The lowest BCUT2D eigenvalue weighted by Gasteiger charge is -2.17. The Morgan fingerprint density at radius 2 is 2.00 bits per heavy atom. The molecule has 8 nitrogen and oxygen atoms in total. The summed E-state index contributed by atoms with van der Waals surface area (Å²) in [6.07, 6.45) is 1.61. The lowest BCUT2D eigenvalue weighted by atomic mass is 10.1. The molecule has 2 amide bonds. The van der Waals surface area contributed by atoms with Gasteiger partial charge >= 0.3 is 0 Å². The summed E-state index contributed by atoms with van der Waals surface area (Å²) in [5, 5.41) is 2.67. The third-order valence-electron chi connectivity index (χ3n) is 4.42. The monoisotopic (exact) mass is 391 g/mol. The summed E-state index contributed by atoms with van der Waals surface area (Å²) >= 11 is 0. The number of para-hydroxylation sites is 1. The number of nitrogens with zero attached hydrogens (tertiary/aromatic N) is 2. The van der Waals surface area contributed by atoms with Crippen LogP contribution in [0.25, 0.3) is 0 Å². The van der Waals surface area contributed by atoms with E-state index < -0.39 is 15.9 Å². The Kier molecular flexibility index (Phi) is 5.33. The van der Waals surface area contributed by atoms with E-state index in [1.807, 2.05) is 0 Å². The van der Waals surface area contributed by atoms with Crippen molar-refractivity contribution in [3.8, 4) is 0 Å². The highest BCUT2D eigenvalue weighted by molar-refractivity contribution is 7.89. The van der Waals surface area contributed by atoms with Gasteiger partial charge in [0.1, 0.15) is 10.7 Å². The van der Waals surface area contributed by atoms with Gasteiger partial charge in [-0.2, -0.15) is 0 Å². The smallest absolute Gasteiger partial charge is 0.244 e. The highest BCUT2D eigenvalue weighted by atomic mass is 32.2. The average Bonchev–Trinajstić information content (AvgIpc) is 3.26. The lowest BCUT2D eigenvalue weighted by Crippen LogP contribution is -2.29. The maximum atomic E-state index is 12.6. The molecule has 9 heteroatoms. The molecule has 1 aliphatic rings. The van der Waals surface area contributed by atoms with Crippen LogP contribution in [0.15, 0.2) is 52.0 Å². The number of carbonyl (C=O) groups excluding carboxylic acids is 2. The predicted molar refractivity (Wildman–Crippen MR) is 98.2 cm³/mol. The molecule has 0 radical (unpaired) electrons. The quantitative estimate of drug-likeness (QED) is 0.805. The van der Waals surface area contributed by atoms with Crippen LogP contribution in [0.5, 0.6) is 0 Å². The first kappa shape index (κ1) is 19.1. The summed E-state index contributed by atoms with van der Waals surface area (Å²) in [7, 11) is -0.850. The Hall–Kier alpha value is -2.65. The van der Waals surface area contributed by atoms with Crippen LogP contribution in [-0.4, -0.2) is 50.1 Å². The van der Waals surface area contributed by atoms with Gasteiger partial charge in [-0.15, -0.1) is 0 Å². The van der Waals surface area contributed by atoms with Gasteiger partial charge in [-0.25, -0.2) is 12.7 Å². The number of nitrogens with one attached hydrogen (secondary N) is 1. The zero-order chi connectivity index (χ0) is 19.6. The molecule has 1 unspecified atom stereocenters. The second-order valence-electron chi connectivity index (χ2n) is 6.53. The summed E-state index contributed by atoms with van der Waals surface area (Å²) in [5.74, 6) is -0.429. The van der Waals surface area contributed by atoms with Crippen molar-refractivity contribution in [2.75, 3.05) is 26.0 Å². The zero-order valence-electron chi connectivity index (χ0n) is 15.1. The minimum atomic E-state index is -3.70. The summed E-state index contributed by atoms with van der Waals surface area (Å²) in [6, 6.07) is 9.72. The van der Waals surface area contributed by atoms with Crippen LogP contribution in [0, 0.1) is 5.92 Å². The van der Waals surface area contributed by atoms with Gasteiger partial charge in [-0.05, 0) is 24.3 Å². The molecule has 1 N–H and O–H groups in total. The summed E-state index contributed by atoms with van der Waals surface area (Å²) in [4.78, 5) is 26.4. The highest BCUT2D eigenvalue weighted by Crippen LogP contribution is 2.26. The number of furan rings is 1. The number of carbonyl (C=O) groups is 2. The highest BCUT2D eigenvalue weighted by Gasteiger charge is 2.35. The van der Waals surface area contributed by atoms with E-state index in [1.54, 1.807) is 29.2 Å². The molecule has 1 atom stereocenters. The van der Waals surface area contributed by atoms with Crippen molar-refractivity contribution in [2.24, 2.45) is 5.92 Å². The SMILES string of the molecule is CN(C)S(=O)(=O)c1ccccc1NC(=O)C1CC(=O)N(Cc2ccco2)C1. The number of hydrogen-bond acceptors (Lipinski definition) is 5. The average molecular weight is 391 g/mol. The van der Waals surface area contributed by atoms with Gasteiger partial charge in [0.05, 0.1) is 24.4 Å². The largest absolute Gasteiger partial charge is 0.467 e. The molecule has 3 rings (SSSR count). The summed E-state index contributed by atoms with van der Waals surface area (Å²) in [5.41, 5.74) is 0.202. The third kappa shape index (κ3) is 4.04. The number of benzene rings is 1. The molecular weight excluding hydrogens is 370 g/mol. The van der Waals surface area contributed by atoms with Crippen LogP contribution in [0.4, 0.5) is 5.69 Å². The zero-order valence-corrected chi connectivity index (χ0v) is 15.9. The Balaban J connectivity index is 1.73. The molecule has 0 spiro atoms. The lowest BCUT2D eigenvalue weighted by molar-refractivity contribution is -0.128. The fraction of sp³-hybridized carbons (Fsp3) is 0.333. The molecule has 1 aromatic carbocycles. The van der Waals surface area contributed by atoms with Gasteiger partial charge in [-0.1, -0.05) is 12.1 Å². The number of likely N-dealkylation sites (tertiary alicyclic amines) is 1. The Bertz CT molecular complexity index is 938. The van der Waals surface area contributed by atoms with Crippen LogP contribution in [0.3, 0.4) is 0 Å². The number of anilines is 1. The predicted octanol–water partition coefficient (Wildman–Crippen LogP) is 1.52. The molecule has 0 saturated carbocycles. The fourth-order valence-electron chi connectivity index (χ4n) is 2.92. The van der Waals surface area contributed by atoms with Crippen molar-refractivity contribution in [3.05, 3.63) is 48.4 Å². The molecule has 0 aliphatic carbocycles. The molecule has 0 bridgehead atoms. The van der Waals surface area contributed by atoms with Gasteiger partial charge in [0.2, 0.25) is 21.8 Å². The Labute approximate surface area is 157 Å². The van der Waals surface area contributed by atoms with E-state index in [0.29, 0.717) is 12.3 Å². The first-order valence-corrected chi connectivity index (χ1v) is 9.85. The minimum Gasteiger partial charge on any atom is -0.467 e. The standard InChI is InChI=1S/C18H21N3O5S/c1-20(2)27(24,25)16-8-4-3-7-15(16)19-18(23)13-10-17(22)21(11-13)12-14-6-5-9-26-14/h3-9,13H,10-12H2,1-2H3,(H,19,23). The van der Waals surface area contributed by atoms with Crippen molar-refractivity contribution >= 4 is 27.5 Å². The van der Waals surface area contributed by atoms with E-state index in [1.165, 1.54) is 32.5 Å². The van der Waals surface area contributed by atoms with Crippen molar-refractivity contribution in [1.82, 2.24) is 9.21 Å². The molecule has 1 saturated heterocycles. The van der Waals surface area contributed by atoms with Gasteiger partial charge in [0.15, 0.2) is 0 Å². The van der Waals surface area contributed by atoms with E-state index in [9.17, 15) is 18.0 Å². The van der Waals surface area contributed by atoms with Crippen molar-refractivity contribution < 1.29 is 22.4 Å². The molecule has 27 heavy (non-hydrogen) atoms. The van der Waals surface area contributed by atoms with E-state index in [4.69, 9.17) is 4.42 Å². The topological polar surface area (TPSA) is 99.9 Å². The van der Waals surface area contributed by atoms with Crippen molar-refractivity contribution in [1.29, 1.82) is 0 Å². The molecule has 144 valence electrons. The first-order valence-electron chi connectivity index (χ1n) is 8.41. The number of sulfonamides is 1. The molecular formula is C18H21N3O5S. The number of hydrogen-bond donors (Lipinski definition) is 1. The minimum absolute atomic E-state index is 0.0140. The maximum Gasteiger partial charge on any atom is 0.244 e. The van der Waals surface area contributed by atoms with Gasteiger partial charge < -0.3 is 14.6 Å². The van der Waals surface area contributed by atoms with Crippen LogP contribution < -0.4 is 5.32 Å². The van der Waals surface area contributed by atoms with Crippen molar-refractivity contribution in [2.45, 2.75) is 17.9 Å². The molecule has 2 heterocycles. The fourth-order valence-corrected chi connectivity index (χ4v) is 3.96. The van der Waals surface area contributed by atoms with Crippen LogP contribution in [0.1, 0.15) is 12.2 Å². The van der Waals surface area contributed by atoms with Gasteiger partial charge in [-0.3, -0.25) is 9.59 Å². The second-order valence-corrected chi connectivity index (χ2v) is 8.65. The maximum absolute atomic E-state index is 12.6. The van der Waals surface area contributed by atoms with Crippen LogP contribution in [0.2, 0.25) is 0 Å². The Morgan fingerprint density at radius 1 is 1.26 bits per heavy atom. The molecule has 1 aromatic heterocycles. The summed E-state index contributed by atoms with van der Waals surface area (Å²) < 4.78 is 31.2. The molecule has 1 aliphatic heterocycles. The molecule has 2 aromatic rings. The van der Waals surface area contributed by atoms with Gasteiger partial charge in [0.25, 0.3) is 0 Å². The summed E-state index contributed by atoms with van der Waals surface area (Å²) in [6.45, 7) is 0.565. The van der Waals surface area contributed by atoms with Crippen molar-refractivity contribution in [3.63, 3.8) is 0 Å². The van der Waals surface area contributed by atoms with Crippen LogP contribution >= 0.6 is 0 Å². The van der Waals surface area contributed by atoms with E-state index in [2.05, 4.69) is 5.32 Å².